The molecule has 0 spiro atoms. The highest BCUT2D eigenvalue weighted by Gasteiger charge is 2.20. The summed E-state index contributed by atoms with van der Waals surface area (Å²) in [6.45, 7) is 2.38. The topological polar surface area (TPSA) is 76.0 Å². The number of hydrogen-bond donors (Lipinski definition) is 1. The van der Waals surface area contributed by atoms with Gasteiger partial charge in [0, 0.05) is 6.21 Å². The molecule has 1 aliphatic rings. The fourth-order valence-corrected chi connectivity index (χ4v) is 1.26. The predicted octanol–water partition coefficient (Wildman–Crippen LogP) is 1.53. The zero-order valence-electron chi connectivity index (χ0n) is 9.23. The number of ether oxygens (including phenoxy) is 1. The van der Waals surface area contributed by atoms with Gasteiger partial charge >= 0.3 is 5.97 Å². The quantitative estimate of drug-likeness (QED) is 0.568. The van der Waals surface area contributed by atoms with Gasteiger partial charge < -0.3 is 9.84 Å². The molecule has 1 amide bonds. The molecule has 0 aromatic carbocycles. The highest BCUT2D eigenvalue weighted by molar-refractivity contribution is 6.14. The first-order valence-corrected chi connectivity index (χ1v) is 5.31. The van der Waals surface area contributed by atoms with Crippen molar-refractivity contribution in [1.82, 2.24) is 0 Å². The molecule has 5 nitrogen and oxygen atoms in total. The van der Waals surface area contributed by atoms with Crippen LogP contribution in [0, 0.1) is 0 Å². The molecule has 0 aromatic rings. The molecule has 16 heavy (non-hydrogen) atoms. The molecule has 0 atom stereocenters. The molecular weight excluding hydrogens is 210 g/mol. The molecule has 1 heterocycles. The highest BCUT2D eigenvalue weighted by Crippen LogP contribution is 2.12. The molecule has 1 N–H and O–H groups in total. The summed E-state index contributed by atoms with van der Waals surface area (Å²) < 4.78 is 4.93. The van der Waals surface area contributed by atoms with Gasteiger partial charge in [0.05, 0.1) is 13.0 Å². The average Bonchev–Trinajstić information content (AvgIpc) is 2.24. The van der Waals surface area contributed by atoms with Crippen LogP contribution in [0.5, 0.6) is 0 Å². The van der Waals surface area contributed by atoms with Gasteiger partial charge in [-0.25, -0.2) is 9.79 Å². The van der Waals surface area contributed by atoms with E-state index in [2.05, 4.69) is 11.9 Å². The van der Waals surface area contributed by atoms with Crippen LogP contribution in [0.2, 0.25) is 0 Å². The Morgan fingerprint density at radius 2 is 2.31 bits per heavy atom. The van der Waals surface area contributed by atoms with Gasteiger partial charge in [-0.3, -0.25) is 4.79 Å². The smallest absolute Gasteiger partial charge is 0.343 e. The maximum absolute atomic E-state index is 11.4. The van der Waals surface area contributed by atoms with Gasteiger partial charge in [0.1, 0.15) is 11.3 Å². The van der Waals surface area contributed by atoms with E-state index >= 15 is 0 Å². The lowest BCUT2D eigenvalue weighted by Crippen LogP contribution is -2.17. The monoisotopic (exact) mass is 225 g/mol. The van der Waals surface area contributed by atoms with Crippen molar-refractivity contribution in [2.24, 2.45) is 4.99 Å². The molecular formula is C11H15NO4. The minimum absolute atomic E-state index is 0.0175. The Balaban J connectivity index is 2.45. The van der Waals surface area contributed by atoms with Gasteiger partial charge in [-0.15, -0.1) is 0 Å². The van der Waals surface area contributed by atoms with E-state index in [1.165, 1.54) is 0 Å². The number of unbranched alkanes of at least 4 members (excludes halogenated alkanes) is 2. The third kappa shape index (κ3) is 3.49. The Labute approximate surface area is 93.8 Å². The molecule has 0 fully saturated rings. The van der Waals surface area contributed by atoms with Crippen molar-refractivity contribution in [3.63, 3.8) is 0 Å². The number of carbonyl (C=O) groups is 2. The SMILES string of the molecule is CCCCCOC(=O)C1=C(O)CC(=O)N=C1. The van der Waals surface area contributed by atoms with E-state index in [1.54, 1.807) is 0 Å². The van der Waals surface area contributed by atoms with Gasteiger partial charge in [-0.05, 0) is 6.42 Å². The van der Waals surface area contributed by atoms with E-state index < -0.39 is 11.9 Å². The van der Waals surface area contributed by atoms with Crippen molar-refractivity contribution in [1.29, 1.82) is 0 Å². The Hall–Kier alpha value is -1.65. The second-order valence-electron chi connectivity index (χ2n) is 3.53. The van der Waals surface area contributed by atoms with Crippen LogP contribution in [0.1, 0.15) is 32.6 Å². The normalized spacial score (nSPS) is 15.4. The number of carbonyl (C=O) groups excluding carboxylic acids is 2. The molecule has 0 aromatic heterocycles. The van der Waals surface area contributed by atoms with Crippen LogP contribution >= 0.6 is 0 Å². The third-order valence-electron chi connectivity index (χ3n) is 2.17. The summed E-state index contributed by atoms with van der Waals surface area (Å²) in [6, 6.07) is 0. The molecule has 1 rings (SSSR count). The maximum Gasteiger partial charge on any atom is 0.343 e. The molecule has 0 saturated carbocycles. The van der Waals surface area contributed by atoms with Crippen molar-refractivity contribution in [3.8, 4) is 0 Å². The number of aliphatic hydroxyl groups excluding tert-OH is 1. The van der Waals surface area contributed by atoms with E-state index in [1.807, 2.05) is 0 Å². The number of amides is 1. The van der Waals surface area contributed by atoms with Crippen molar-refractivity contribution in [2.75, 3.05) is 6.61 Å². The Kier molecular flexibility index (Phi) is 4.69. The summed E-state index contributed by atoms with van der Waals surface area (Å²) in [5.41, 5.74) is -0.0175. The zero-order valence-corrected chi connectivity index (χ0v) is 9.23. The minimum Gasteiger partial charge on any atom is -0.511 e. The van der Waals surface area contributed by atoms with E-state index in [-0.39, 0.29) is 17.8 Å². The van der Waals surface area contributed by atoms with Gasteiger partial charge in [0.15, 0.2) is 0 Å². The second kappa shape index (κ2) is 6.05. The minimum atomic E-state index is -0.621. The number of aliphatic hydroxyl groups is 1. The molecule has 0 saturated heterocycles. The molecule has 0 aliphatic carbocycles. The van der Waals surface area contributed by atoms with Crippen LogP contribution in [-0.4, -0.2) is 29.8 Å². The fourth-order valence-electron chi connectivity index (χ4n) is 1.26. The van der Waals surface area contributed by atoms with Crippen LogP contribution in [0.4, 0.5) is 0 Å². The largest absolute Gasteiger partial charge is 0.511 e. The highest BCUT2D eigenvalue weighted by atomic mass is 16.5. The van der Waals surface area contributed by atoms with Crippen molar-refractivity contribution < 1.29 is 19.4 Å². The fraction of sp³-hybridized carbons (Fsp3) is 0.545. The van der Waals surface area contributed by atoms with Gasteiger partial charge in [-0.1, -0.05) is 19.8 Å². The first-order valence-electron chi connectivity index (χ1n) is 5.31. The van der Waals surface area contributed by atoms with Crippen LogP contribution in [0.3, 0.4) is 0 Å². The molecule has 0 unspecified atom stereocenters. The molecule has 0 bridgehead atoms. The Morgan fingerprint density at radius 1 is 1.56 bits per heavy atom. The van der Waals surface area contributed by atoms with Crippen molar-refractivity contribution >= 4 is 18.1 Å². The lowest BCUT2D eigenvalue weighted by atomic mass is 10.1. The van der Waals surface area contributed by atoms with Crippen molar-refractivity contribution in [3.05, 3.63) is 11.3 Å². The number of nitrogens with zero attached hydrogens (tertiary/aromatic N) is 1. The summed E-state index contributed by atoms with van der Waals surface area (Å²) in [5, 5.41) is 9.38. The lowest BCUT2D eigenvalue weighted by Gasteiger charge is -2.09. The third-order valence-corrected chi connectivity index (χ3v) is 2.17. The van der Waals surface area contributed by atoms with E-state index in [0.717, 1.165) is 25.5 Å². The van der Waals surface area contributed by atoms with E-state index in [4.69, 9.17) is 4.74 Å². The second-order valence-corrected chi connectivity index (χ2v) is 3.53. The zero-order chi connectivity index (χ0) is 12.0. The van der Waals surface area contributed by atoms with Crippen LogP contribution < -0.4 is 0 Å². The summed E-state index contributed by atoms with van der Waals surface area (Å²) in [5.74, 6) is -1.34. The number of dihydropyridines is 1. The van der Waals surface area contributed by atoms with Gasteiger partial charge in [-0.2, -0.15) is 0 Å². The first-order chi connectivity index (χ1) is 7.65. The van der Waals surface area contributed by atoms with E-state index in [9.17, 15) is 14.7 Å². The molecule has 1 aliphatic heterocycles. The molecule has 0 radical (unpaired) electrons. The summed E-state index contributed by atoms with van der Waals surface area (Å²) in [4.78, 5) is 25.7. The molecule has 5 heteroatoms. The standard InChI is InChI=1S/C11H15NO4/c1-2-3-4-5-16-11(15)8-7-12-10(14)6-9(8)13/h7,13H,2-6H2,1H3. The maximum atomic E-state index is 11.4. The lowest BCUT2D eigenvalue weighted by molar-refractivity contribution is -0.138. The average molecular weight is 225 g/mol. The molecule has 88 valence electrons. The Morgan fingerprint density at radius 3 is 2.94 bits per heavy atom. The van der Waals surface area contributed by atoms with Gasteiger partial charge in [0.25, 0.3) is 5.91 Å². The Bertz CT molecular complexity index is 344. The summed E-state index contributed by atoms with van der Waals surface area (Å²) in [6.07, 6.45) is 3.66. The number of hydrogen-bond acceptors (Lipinski definition) is 4. The first kappa shape index (κ1) is 12.4. The van der Waals surface area contributed by atoms with Crippen molar-refractivity contribution in [2.45, 2.75) is 32.6 Å². The number of aliphatic imine (C=N–C) groups is 1. The summed E-state index contributed by atoms with van der Waals surface area (Å²) >= 11 is 0. The predicted molar refractivity (Wildman–Crippen MR) is 58.3 cm³/mol. The van der Waals surface area contributed by atoms with Crippen LogP contribution in [-0.2, 0) is 14.3 Å². The van der Waals surface area contributed by atoms with E-state index in [0.29, 0.717) is 6.61 Å². The van der Waals surface area contributed by atoms with Crippen LogP contribution in [0.25, 0.3) is 0 Å². The van der Waals surface area contributed by atoms with Gasteiger partial charge in [0.2, 0.25) is 0 Å². The summed E-state index contributed by atoms with van der Waals surface area (Å²) in [7, 11) is 0. The number of rotatable bonds is 5. The number of esters is 1. The van der Waals surface area contributed by atoms with Crippen LogP contribution in [0.15, 0.2) is 16.3 Å².